The monoisotopic (exact) mass is 283 g/mol. The number of hydrogen-bond donors (Lipinski definition) is 3. The van der Waals surface area contributed by atoms with Crippen molar-refractivity contribution in [3.63, 3.8) is 0 Å². The summed E-state index contributed by atoms with van der Waals surface area (Å²) < 4.78 is 6.38. The lowest BCUT2D eigenvalue weighted by molar-refractivity contribution is -0.140. The molecule has 1 aliphatic rings. The number of nitrogens with one attached hydrogen (secondary N) is 2. The molecule has 2 rings (SSSR count). The van der Waals surface area contributed by atoms with Gasteiger partial charge in [0.2, 0.25) is 0 Å². The quantitative estimate of drug-likeness (QED) is 0.623. The number of carbonyl (C=O) groups is 1. The van der Waals surface area contributed by atoms with Crippen molar-refractivity contribution in [3.8, 4) is 0 Å². The van der Waals surface area contributed by atoms with Crippen molar-refractivity contribution in [1.82, 2.24) is 14.9 Å². The largest absolute Gasteiger partial charge is 0.480 e. The predicted molar refractivity (Wildman–Crippen MR) is 69.7 cm³/mol. The van der Waals surface area contributed by atoms with Crippen LogP contribution in [0.2, 0.25) is 0 Å². The van der Waals surface area contributed by atoms with Crippen LogP contribution in [0.3, 0.4) is 0 Å². The molecule has 20 heavy (non-hydrogen) atoms. The minimum atomic E-state index is -1.03. The highest BCUT2D eigenvalue weighted by molar-refractivity contribution is 5.73. The van der Waals surface area contributed by atoms with Gasteiger partial charge in [0, 0.05) is 31.5 Å². The van der Waals surface area contributed by atoms with Gasteiger partial charge in [-0.05, 0) is 12.8 Å². The van der Waals surface area contributed by atoms with E-state index in [1.165, 1.54) is 16.8 Å². The van der Waals surface area contributed by atoms with Gasteiger partial charge in [0.15, 0.2) is 0 Å². The summed E-state index contributed by atoms with van der Waals surface area (Å²) in [6.07, 6.45) is 2.78. The fraction of sp³-hybridized carbons (Fsp3) is 0.583. The molecule has 2 heterocycles. The summed E-state index contributed by atoms with van der Waals surface area (Å²) in [5.41, 5.74) is -1.12. The van der Waals surface area contributed by atoms with Crippen LogP contribution in [0, 0.1) is 0 Å². The molecule has 0 amide bonds. The number of H-pyrrole nitrogens is 1. The average Bonchev–Trinajstić information content (AvgIpc) is 2.42. The Hall–Kier alpha value is -1.93. The van der Waals surface area contributed by atoms with Gasteiger partial charge < -0.3 is 9.84 Å². The van der Waals surface area contributed by atoms with E-state index < -0.39 is 23.3 Å². The van der Waals surface area contributed by atoms with Gasteiger partial charge in [-0.2, -0.15) is 0 Å². The fourth-order valence-corrected chi connectivity index (χ4v) is 2.14. The van der Waals surface area contributed by atoms with E-state index in [-0.39, 0.29) is 12.6 Å². The van der Waals surface area contributed by atoms with E-state index in [1.807, 2.05) is 0 Å². The van der Waals surface area contributed by atoms with Crippen molar-refractivity contribution < 1.29 is 14.6 Å². The van der Waals surface area contributed by atoms with Gasteiger partial charge in [-0.25, -0.2) is 4.79 Å². The van der Waals surface area contributed by atoms with E-state index in [9.17, 15) is 19.5 Å². The molecule has 110 valence electrons. The van der Waals surface area contributed by atoms with Crippen molar-refractivity contribution in [1.29, 1.82) is 0 Å². The molecule has 1 fully saturated rings. The van der Waals surface area contributed by atoms with Gasteiger partial charge in [0.1, 0.15) is 6.04 Å². The molecule has 8 nitrogen and oxygen atoms in total. The van der Waals surface area contributed by atoms with E-state index in [0.717, 1.165) is 12.8 Å². The minimum absolute atomic E-state index is 0.0394. The fourth-order valence-electron chi connectivity index (χ4n) is 2.14. The van der Waals surface area contributed by atoms with Gasteiger partial charge in [-0.1, -0.05) is 0 Å². The van der Waals surface area contributed by atoms with E-state index in [1.54, 1.807) is 0 Å². The van der Waals surface area contributed by atoms with Crippen LogP contribution >= 0.6 is 0 Å². The Balaban J connectivity index is 2.06. The number of aromatic nitrogens is 2. The summed E-state index contributed by atoms with van der Waals surface area (Å²) in [6.45, 7) is 1.16. The van der Waals surface area contributed by atoms with Gasteiger partial charge in [0.05, 0.1) is 6.54 Å². The number of carboxylic acid groups (broad SMARTS) is 1. The standard InChI is InChI=1S/C12H17N3O5/c16-10-1-4-15(12(19)14-10)7-9(11(17)18)13-8-2-5-20-6-3-8/h1,4,8-9,13H,2-3,5-7H2,(H,17,18)(H,14,16,19)/t9-/m0/s1. The second-order valence-corrected chi connectivity index (χ2v) is 4.71. The number of rotatable bonds is 5. The van der Waals surface area contributed by atoms with Gasteiger partial charge >= 0.3 is 11.7 Å². The van der Waals surface area contributed by atoms with Crippen LogP contribution < -0.4 is 16.6 Å². The first-order valence-corrected chi connectivity index (χ1v) is 6.42. The highest BCUT2D eigenvalue weighted by Gasteiger charge is 2.23. The zero-order valence-electron chi connectivity index (χ0n) is 10.9. The van der Waals surface area contributed by atoms with E-state index >= 15 is 0 Å². The molecule has 0 aliphatic carbocycles. The van der Waals surface area contributed by atoms with Gasteiger partial charge in [-0.3, -0.25) is 24.5 Å². The first-order valence-electron chi connectivity index (χ1n) is 6.42. The van der Waals surface area contributed by atoms with E-state index in [0.29, 0.717) is 13.2 Å². The summed E-state index contributed by atoms with van der Waals surface area (Å²) in [6, 6.07) is 0.361. The zero-order chi connectivity index (χ0) is 14.5. The maximum atomic E-state index is 11.6. The molecule has 3 N–H and O–H groups in total. The van der Waals surface area contributed by atoms with Crippen LogP contribution in [0.25, 0.3) is 0 Å². The highest BCUT2D eigenvalue weighted by atomic mass is 16.5. The molecule has 0 saturated carbocycles. The summed E-state index contributed by atoms with van der Waals surface area (Å²) in [5.74, 6) is -1.03. The predicted octanol–water partition coefficient (Wildman–Crippen LogP) is -1.24. The lowest BCUT2D eigenvalue weighted by Gasteiger charge is -2.26. The molecule has 0 radical (unpaired) electrons. The molecule has 0 spiro atoms. The smallest absolute Gasteiger partial charge is 0.328 e. The minimum Gasteiger partial charge on any atom is -0.480 e. The second-order valence-electron chi connectivity index (χ2n) is 4.71. The molecule has 0 bridgehead atoms. The molecule has 1 aliphatic heterocycles. The second kappa shape index (κ2) is 6.49. The highest BCUT2D eigenvalue weighted by Crippen LogP contribution is 2.07. The normalized spacial score (nSPS) is 17.8. The topological polar surface area (TPSA) is 113 Å². The van der Waals surface area contributed by atoms with E-state index in [4.69, 9.17) is 4.74 Å². The lowest BCUT2D eigenvalue weighted by atomic mass is 10.1. The number of aliphatic carboxylic acids is 1. The van der Waals surface area contributed by atoms with Crippen molar-refractivity contribution in [2.45, 2.75) is 31.5 Å². The molecular weight excluding hydrogens is 266 g/mol. The number of nitrogens with zero attached hydrogens (tertiary/aromatic N) is 1. The maximum Gasteiger partial charge on any atom is 0.328 e. The lowest BCUT2D eigenvalue weighted by Crippen LogP contribution is -2.49. The Kier molecular flexibility index (Phi) is 4.70. The summed E-state index contributed by atoms with van der Waals surface area (Å²) in [5, 5.41) is 12.2. The van der Waals surface area contributed by atoms with Crippen molar-refractivity contribution in [3.05, 3.63) is 33.1 Å². The SMILES string of the molecule is O=C(O)[C@H](Cn1ccc(=O)[nH]c1=O)NC1CCOCC1. The van der Waals surface area contributed by atoms with Gasteiger partial charge in [0.25, 0.3) is 5.56 Å². The zero-order valence-corrected chi connectivity index (χ0v) is 10.9. The third kappa shape index (κ3) is 3.78. The molecule has 8 heteroatoms. The summed E-state index contributed by atoms with van der Waals surface area (Å²) in [4.78, 5) is 35.9. The third-order valence-electron chi connectivity index (χ3n) is 3.23. The first-order chi connectivity index (χ1) is 9.56. The van der Waals surface area contributed by atoms with Crippen LogP contribution in [0.1, 0.15) is 12.8 Å². The molecule has 0 unspecified atom stereocenters. The maximum absolute atomic E-state index is 11.6. The Bertz CT molecular complexity index is 573. The molecule has 1 saturated heterocycles. The average molecular weight is 283 g/mol. The molecule has 1 atom stereocenters. The third-order valence-corrected chi connectivity index (χ3v) is 3.23. The van der Waals surface area contributed by atoms with Gasteiger partial charge in [-0.15, -0.1) is 0 Å². The first kappa shape index (κ1) is 14.5. The number of carboxylic acids is 1. The Morgan fingerprint density at radius 3 is 2.80 bits per heavy atom. The summed E-state index contributed by atoms with van der Waals surface area (Å²) >= 11 is 0. The number of hydrogen-bond acceptors (Lipinski definition) is 5. The Morgan fingerprint density at radius 1 is 1.50 bits per heavy atom. The Morgan fingerprint density at radius 2 is 2.20 bits per heavy atom. The van der Waals surface area contributed by atoms with Crippen molar-refractivity contribution in [2.75, 3.05) is 13.2 Å². The van der Waals surface area contributed by atoms with Crippen LogP contribution in [-0.4, -0.2) is 45.9 Å². The number of ether oxygens (including phenoxy) is 1. The Labute approximate surface area is 114 Å². The van der Waals surface area contributed by atoms with Crippen LogP contribution in [0.5, 0.6) is 0 Å². The molecular formula is C12H17N3O5. The van der Waals surface area contributed by atoms with E-state index in [2.05, 4.69) is 10.3 Å². The van der Waals surface area contributed by atoms with Crippen LogP contribution in [0.4, 0.5) is 0 Å². The van der Waals surface area contributed by atoms with Crippen molar-refractivity contribution >= 4 is 5.97 Å². The number of aromatic amines is 1. The van der Waals surface area contributed by atoms with Crippen LogP contribution in [-0.2, 0) is 16.1 Å². The summed E-state index contributed by atoms with van der Waals surface area (Å²) in [7, 11) is 0. The van der Waals surface area contributed by atoms with Crippen molar-refractivity contribution in [2.24, 2.45) is 0 Å². The van der Waals surface area contributed by atoms with Crippen LogP contribution in [0.15, 0.2) is 21.9 Å². The molecule has 1 aromatic rings. The molecule has 0 aromatic carbocycles. The molecule has 1 aromatic heterocycles.